The maximum atomic E-state index is 12.5. The number of fused-ring (bicyclic) bond motifs is 1. The van der Waals surface area contributed by atoms with Crippen molar-refractivity contribution in [2.75, 3.05) is 6.61 Å². The number of para-hydroxylation sites is 1. The Kier molecular flexibility index (Phi) is 5.93. The number of benzene rings is 1. The fourth-order valence-electron chi connectivity index (χ4n) is 2.73. The summed E-state index contributed by atoms with van der Waals surface area (Å²) in [5.74, 6) is -1.35. The van der Waals surface area contributed by atoms with Crippen LogP contribution in [-0.2, 0) is 20.7 Å². The number of Topliss-reactive ketones (excluding diaryl/α,β-unsaturated/α-hetero) is 1. The molecule has 0 aliphatic carbocycles. The summed E-state index contributed by atoms with van der Waals surface area (Å²) in [5, 5.41) is 3.56. The SMILES string of the molecule is CC(=O)NC(Cc1c[nH]c2ccccc12)C(=O)OCC(=O)c1ccc(Cl)s1. The highest BCUT2D eigenvalue weighted by Crippen LogP contribution is 2.22. The quantitative estimate of drug-likeness (QED) is 0.467. The second-order valence-electron chi connectivity index (χ2n) is 5.95. The summed E-state index contributed by atoms with van der Waals surface area (Å²) in [4.78, 5) is 39.6. The molecule has 0 radical (unpaired) electrons. The second kappa shape index (κ2) is 8.37. The van der Waals surface area contributed by atoms with Crippen LogP contribution in [0.5, 0.6) is 0 Å². The molecule has 1 atom stereocenters. The molecule has 0 aliphatic rings. The van der Waals surface area contributed by atoms with Gasteiger partial charge in [0.05, 0.1) is 9.21 Å². The first kappa shape index (κ1) is 19.1. The molecule has 8 heteroatoms. The van der Waals surface area contributed by atoms with Gasteiger partial charge in [0.25, 0.3) is 0 Å². The van der Waals surface area contributed by atoms with E-state index in [1.54, 1.807) is 18.3 Å². The zero-order chi connectivity index (χ0) is 19.4. The van der Waals surface area contributed by atoms with Gasteiger partial charge in [0.1, 0.15) is 6.04 Å². The molecule has 2 N–H and O–H groups in total. The lowest BCUT2D eigenvalue weighted by Crippen LogP contribution is -2.42. The normalized spacial score (nSPS) is 11.9. The van der Waals surface area contributed by atoms with Gasteiger partial charge in [-0.25, -0.2) is 4.79 Å². The fourth-order valence-corrected chi connectivity index (χ4v) is 3.70. The maximum absolute atomic E-state index is 12.5. The van der Waals surface area contributed by atoms with Crippen molar-refractivity contribution in [3.63, 3.8) is 0 Å². The van der Waals surface area contributed by atoms with Crippen LogP contribution in [0.4, 0.5) is 0 Å². The van der Waals surface area contributed by atoms with E-state index in [1.807, 2.05) is 24.3 Å². The number of amides is 1. The van der Waals surface area contributed by atoms with Crippen LogP contribution in [0.1, 0.15) is 22.2 Å². The summed E-state index contributed by atoms with van der Waals surface area (Å²) >= 11 is 6.93. The van der Waals surface area contributed by atoms with E-state index < -0.39 is 18.6 Å². The first-order chi connectivity index (χ1) is 12.9. The highest BCUT2D eigenvalue weighted by atomic mass is 35.5. The van der Waals surface area contributed by atoms with Crippen molar-refractivity contribution in [1.82, 2.24) is 10.3 Å². The van der Waals surface area contributed by atoms with Crippen molar-refractivity contribution in [2.24, 2.45) is 0 Å². The van der Waals surface area contributed by atoms with E-state index >= 15 is 0 Å². The number of aromatic amines is 1. The molecular formula is C19H17ClN2O4S. The predicted molar refractivity (Wildman–Crippen MR) is 104 cm³/mol. The number of halogens is 1. The van der Waals surface area contributed by atoms with Gasteiger partial charge in [0.2, 0.25) is 11.7 Å². The summed E-state index contributed by atoms with van der Waals surface area (Å²) in [6, 6.07) is 9.97. The zero-order valence-corrected chi connectivity index (χ0v) is 16.0. The van der Waals surface area contributed by atoms with Gasteiger partial charge < -0.3 is 15.0 Å². The van der Waals surface area contributed by atoms with Gasteiger partial charge in [0, 0.05) is 30.4 Å². The monoisotopic (exact) mass is 404 g/mol. The van der Waals surface area contributed by atoms with Crippen molar-refractivity contribution >= 4 is 51.5 Å². The smallest absolute Gasteiger partial charge is 0.329 e. The lowest BCUT2D eigenvalue weighted by molar-refractivity contribution is -0.146. The van der Waals surface area contributed by atoms with E-state index in [0.717, 1.165) is 27.8 Å². The summed E-state index contributed by atoms with van der Waals surface area (Å²) < 4.78 is 5.63. The average Bonchev–Trinajstić information content (AvgIpc) is 3.25. The van der Waals surface area contributed by atoms with E-state index in [9.17, 15) is 14.4 Å². The number of H-pyrrole nitrogens is 1. The number of ketones is 1. The average molecular weight is 405 g/mol. The number of nitrogens with one attached hydrogen (secondary N) is 2. The highest BCUT2D eigenvalue weighted by molar-refractivity contribution is 7.18. The molecule has 0 spiro atoms. The molecule has 0 saturated carbocycles. The van der Waals surface area contributed by atoms with Gasteiger partial charge in [-0.2, -0.15) is 0 Å². The molecule has 140 valence electrons. The van der Waals surface area contributed by atoms with E-state index in [1.165, 1.54) is 6.92 Å². The zero-order valence-electron chi connectivity index (χ0n) is 14.5. The Morgan fingerprint density at radius 1 is 1.22 bits per heavy atom. The molecule has 0 bridgehead atoms. The molecule has 0 fully saturated rings. The number of carbonyl (C=O) groups is 3. The Bertz CT molecular complexity index is 994. The Morgan fingerprint density at radius 3 is 2.70 bits per heavy atom. The third-order valence-electron chi connectivity index (χ3n) is 3.95. The highest BCUT2D eigenvalue weighted by Gasteiger charge is 2.24. The third kappa shape index (κ3) is 4.75. The van der Waals surface area contributed by atoms with E-state index in [4.69, 9.17) is 16.3 Å². The van der Waals surface area contributed by atoms with Crippen LogP contribution in [0.15, 0.2) is 42.6 Å². The molecule has 1 unspecified atom stereocenters. The topological polar surface area (TPSA) is 88.3 Å². The number of hydrogen-bond donors (Lipinski definition) is 2. The Labute approximate surface area is 164 Å². The van der Waals surface area contributed by atoms with Crippen molar-refractivity contribution < 1.29 is 19.1 Å². The van der Waals surface area contributed by atoms with Gasteiger partial charge >= 0.3 is 5.97 Å². The standard InChI is InChI=1S/C19H17ClN2O4S/c1-11(23)22-15(8-12-9-21-14-5-3-2-4-13(12)14)19(25)26-10-16(24)17-6-7-18(20)27-17/h2-7,9,15,21H,8,10H2,1H3,(H,22,23). The number of hydrogen-bond acceptors (Lipinski definition) is 5. The molecule has 0 saturated heterocycles. The van der Waals surface area contributed by atoms with E-state index in [0.29, 0.717) is 9.21 Å². The van der Waals surface area contributed by atoms with Gasteiger partial charge in [-0.15, -0.1) is 11.3 Å². The number of rotatable bonds is 7. The Hall–Kier alpha value is -2.64. The Balaban J connectivity index is 1.69. The number of aromatic nitrogens is 1. The van der Waals surface area contributed by atoms with Gasteiger partial charge in [-0.3, -0.25) is 9.59 Å². The van der Waals surface area contributed by atoms with Gasteiger partial charge in [-0.05, 0) is 23.8 Å². The van der Waals surface area contributed by atoms with Crippen molar-refractivity contribution in [1.29, 1.82) is 0 Å². The Morgan fingerprint density at radius 2 is 2.00 bits per heavy atom. The number of thiophene rings is 1. The molecule has 1 amide bonds. The summed E-state index contributed by atoms with van der Waals surface area (Å²) in [6.07, 6.45) is 2.05. The molecule has 6 nitrogen and oxygen atoms in total. The number of carbonyl (C=O) groups excluding carboxylic acids is 3. The summed E-state index contributed by atoms with van der Waals surface area (Å²) in [6.45, 7) is 0.925. The third-order valence-corrected chi connectivity index (χ3v) is 5.23. The minimum absolute atomic E-state index is 0.251. The van der Waals surface area contributed by atoms with Crippen LogP contribution in [0.3, 0.4) is 0 Å². The van der Waals surface area contributed by atoms with Crippen LogP contribution in [0.25, 0.3) is 10.9 Å². The molecule has 0 aliphatic heterocycles. The van der Waals surface area contributed by atoms with Gasteiger partial charge in [-0.1, -0.05) is 29.8 Å². The van der Waals surface area contributed by atoms with Crippen LogP contribution in [0.2, 0.25) is 4.34 Å². The molecule has 3 rings (SSSR count). The lowest BCUT2D eigenvalue weighted by Gasteiger charge is -2.16. The first-order valence-corrected chi connectivity index (χ1v) is 9.40. The minimum atomic E-state index is -0.888. The number of esters is 1. The molecule has 3 aromatic rings. The fraction of sp³-hybridized carbons (Fsp3) is 0.211. The van der Waals surface area contributed by atoms with Crippen LogP contribution in [-0.4, -0.2) is 35.3 Å². The largest absolute Gasteiger partial charge is 0.456 e. The summed E-state index contributed by atoms with van der Waals surface area (Å²) in [5.41, 5.74) is 1.81. The molecule has 1 aromatic carbocycles. The minimum Gasteiger partial charge on any atom is -0.456 e. The molecule has 2 aromatic heterocycles. The second-order valence-corrected chi connectivity index (χ2v) is 7.67. The van der Waals surface area contributed by atoms with Gasteiger partial charge in [0.15, 0.2) is 6.61 Å². The predicted octanol–water partition coefficient (Wildman–Crippen LogP) is 3.36. The van der Waals surface area contributed by atoms with Crippen molar-refractivity contribution in [3.8, 4) is 0 Å². The van der Waals surface area contributed by atoms with Crippen molar-refractivity contribution in [2.45, 2.75) is 19.4 Å². The molecule has 27 heavy (non-hydrogen) atoms. The summed E-state index contributed by atoms with van der Waals surface area (Å²) in [7, 11) is 0. The van der Waals surface area contributed by atoms with Crippen LogP contribution in [0, 0.1) is 0 Å². The van der Waals surface area contributed by atoms with Crippen molar-refractivity contribution in [3.05, 3.63) is 57.4 Å². The van der Waals surface area contributed by atoms with E-state index in [-0.39, 0.29) is 18.1 Å². The molecular weight excluding hydrogens is 388 g/mol. The maximum Gasteiger partial charge on any atom is 0.329 e. The number of ether oxygens (including phenoxy) is 1. The van der Waals surface area contributed by atoms with E-state index in [2.05, 4.69) is 10.3 Å². The lowest BCUT2D eigenvalue weighted by atomic mass is 10.0. The van der Waals surface area contributed by atoms with Crippen LogP contribution < -0.4 is 5.32 Å². The molecule has 2 heterocycles. The van der Waals surface area contributed by atoms with Crippen LogP contribution >= 0.6 is 22.9 Å². The first-order valence-electron chi connectivity index (χ1n) is 8.21.